The van der Waals surface area contributed by atoms with Crippen LogP contribution in [0.5, 0.6) is 5.75 Å². The van der Waals surface area contributed by atoms with Gasteiger partial charge >= 0.3 is 0 Å². The Balaban J connectivity index is 1.88. The third kappa shape index (κ3) is 4.09. The maximum atomic E-state index is 12.0. The van der Waals surface area contributed by atoms with Crippen LogP contribution in [0.15, 0.2) is 16.9 Å². The maximum Gasteiger partial charge on any atom is 0.254 e. The van der Waals surface area contributed by atoms with Gasteiger partial charge in [0.15, 0.2) is 0 Å². The van der Waals surface area contributed by atoms with Crippen LogP contribution in [-0.4, -0.2) is 24.1 Å². The van der Waals surface area contributed by atoms with Crippen molar-refractivity contribution in [1.82, 2.24) is 9.88 Å². The van der Waals surface area contributed by atoms with E-state index in [9.17, 15) is 9.59 Å². The quantitative estimate of drug-likeness (QED) is 0.901. The van der Waals surface area contributed by atoms with Gasteiger partial charge in [0.05, 0.1) is 7.11 Å². The summed E-state index contributed by atoms with van der Waals surface area (Å²) in [6, 6.07) is 3.29. The highest BCUT2D eigenvalue weighted by Crippen LogP contribution is 2.23. The lowest BCUT2D eigenvalue weighted by atomic mass is 9.89. The van der Waals surface area contributed by atoms with Gasteiger partial charge in [0.25, 0.3) is 5.56 Å². The molecule has 1 heterocycles. The van der Waals surface area contributed by atoms with E-state index < -0.39 is 0 Å². The SMILES string of the molecule is COc1cc(C)n(CCNC(=O)C2CCCCC2)c(=O)c1. The predicted molar refractivity (Wildman–Crippen MR) is 81.6 cm³/mol. The molecule has 0 atom stereocenters. The molecule has 1 N–H and O–H groups in total. The maximum absolute atomic E-state index is 12.0. The van der Waals surface area contributed by atoms with Crippen molar-refractivity contribution in [3.63, 3.8) is 0 Å². The molecule has 1 amide bonds. The number of ether oxygens (including phenoxy) is 1. The summed E-state index contributed by atoms with van der Waals surface area (Å²) in [6.45, 7) is 2.85. The summed E-state index contributed by atoms with van der Waals surface area (Å²) >= 11 is 0. The molecule has 0 aromatic carbocycles. The highest BCUT2D eigenvalue weighted by atomic mass is 16.5. The average Bonchev–Trinajstić information content (AvgIpc) is 2.50. The fourth-order valence-corrected chi connectivity index (χ4v) is 2.90. The van der Waals surface area contributed by atoms with Crippen LogP contribution in [-0.2, 0) is 11.3 Å². The number of carbonyl (C=O) groups excluding carboxylic acids is 1. The summed E-state index contributed by atoms with van der Waals surface area (Å²) in [4.78, 5) is 24.0. The molecule has 1 aromatic rings. The predicted octanol–water partition coefficient (Wildman–Crippen LogP) is 1.86. The van der Waals surface area contributed by atoms with Gasteiger partial charge in [-0.05, 0) is 25.8 Å². The molecule has 1 saturated carbocycles. The summed E-state index contributed by atoms with van der Waals surface area (Å²) in [5.41, 5.74) is 0.741. The molecule has 0 aliphatic heterocycles. The van der Waals surface area contributed by atoms with E-state index >= 15 is 0 Å². The van der Waals surface area contributed by atoms with E-state index in [1.807, 2.05) is 13.0 Å². The van der Waals surface area contributed by atoms with Crippen LogP contribution in [0.25, 0.3) is 0 Å². The van der Waals surface area contributed by atoms with Crippen LogP contribution in [0, 0.1) is 12.8 Å². The zero-order valence-electron chi connectivity index (χ0n) is 12.9. The van der Waals surface area contributed by atoms with Crippen molar-refractivity contribution in [2.45, 2.75) is 45.6 Å². The smallest absolute Gasteiger partial charge is 0.254 e. The van der Waals surface area contributed by atoms with Crippen molar-refractivity contribution in [3.8, 4) is 5.75 Å². The van der Waals surface area contributed by atoms with E-state index in [2.05, 4.69) is 5.32 Å². The molecule has 0 bridgehead atoms. The minimum atomic E-state index is -0.0984. The second-order valence-electron chi connectivity index (χ2n) is 5.65. The van der Waals surface area contributed by atoms with Crippen molar-refractivity contribution in [1.29, 1.82) is 0 Å². The molecule has 21 heavy (non-hydrogen) atoms. The molecule has 2 rings (SSSR count). The molecule has 5 heteroatoms. The summed E-state index contributed by atoms with van der Waals surface area (Å²) in [6.07, 6.45) is 5.52. The minimum absolute atomic E-state index is 0.0984. The number of hydrogen-bond acceptors (Lipinski definition) is 3. The largest absolute Gasteiger partial charge is 0.496 e. The van der Waals surface area contributed by atoms with Crippen LogP contribution in [0.2, 0.25) is 0 Å². The first-order valence-corrected chi connectivity index (χ1v) is 7.65. The number of amides is 1. The van der Waals surface area contributed by atoms with Crippen LogP contribution in [0.1, 0.15) is 37.8 Å². The van der Waals surface area contributed by atoms with Gasteiger partial charge in [0, 0.05) is 30.8 Å². The van der Waals surface area contributed by atoms with Crippen molar-refractivity contribution in [3.05, 3.63) is 28.2 Å². The van der Waals surface area contributed by atoms with Crippen molar-refractivity contribution in [2.24, 2.45) is 5.92 Å². The van der Waals surface area contributed by atoms with Crippen LogP contribution in [0.4, 0.5) is 0 Å². The van der Waals surface area contributed by atoms with Gasteiger partial charge in [-0.25, -0.2) is 0 Å². The van der Waals surface area contributed by atoms with E-state index in [0.717, 1.165) is 31.4 Å². The molecule has 1 fully saturated rings. The summed E-state index contributed by atoms with van der Waals surface area (Å²) in [7, 11) is 1.54. The molecule has 0 spiro atoms. The topological polar surface area (TPSA) is 60.3 Å². The molecule has 116 valence electrons. The Labute approximate surface area is 125 Å². The number of aryl methyl sites for hydroxylation is 1. The number of pyridine rings is 1. The van der Waals surface area contributed by atoms with Gasteiger partial charge in [-0.3, -0.25) is 9.59 Å². The zero-order chi connectivity index (χ0) is 15.2. The summed E-state index contributed by atoms with van der Waals surface area (Å²) < 4.78 is 6.73. The number of rotatable bonds is 5. The number of aromatic nitrogens is 1. The second kappa shape index (κ2) is 7.29. The van der Waals surface area contributed by atoms with Gasteiger partial charge < -0.3 is 14.6 Å². The number of hydrogen-bond donors (Lipinski definition) is 1. The van der Waals surface area contributed by atoms with E-state index in [1.54, 1.807) is 11.7 Å². The van der Waals surface area contributed by atoms with Crippen LogP contribution in [0.3, 0.4) is 0 Å². The van der Waals surface area contributed by atoms with Gasteiger partial charge in [-0.2, -0.15) is 0 Å². The van der Waals surface area contributed by atoms with E-state index in [1.165, 1.54) is 12.5 Å². The first-order valence-electron chi connectivity index (χ1n) is 7.65. The number of nitrogens with one attached hydrogen (secondary N) is 1. The van der Waals surface area contributed by atoms with Crippen molar-refractivity contribution in [2.75, 3.05) is 13.7 Å². The Morgan fingerprint density at radius 2 is 2.05 bits per heavy atom. The van der Waals surface area contributed by atoms with E-state index in [-0.39, 0.29) is 17.4 Å². The molecule has 0 radical (unpaired) electrons. The fraction of sp³-hybridized carbons (Fsp3) is 0.625. The molecule has 1 aliphatic rings. The third-order valence-electron chi connectivity index (χ3n) is 4.15. The van der Waals surface area contributed by atoms with Gasteiger partial charge in [0.2, 0.25) is 5.91 Å². The minimum Gasteiger partial charge on any atom is -0.496 e. The van der Waals surface area contributed by atoms with E-state index in [0.29, 0.717) is 18.8 Å². The van der Waals surface area contributed by atoms with Crippen molar-refractivity contribution < 1.29 is 9.53 Å². The number of nitrogens with zero attached hydrogens (tertiary/aromatic N) is 1. The number of methoxy groups -OCH3 is 1. The highest BCUT2D eigenvalue weighted by molar-refractivity contribution is 5.78. The first kappa shape index (κ1) is 15.6. The van der Waals surface area contributed by atoms with E-state index in [4.69, 9.17) is 4.74 Å². The monoisotopic (exact) mass is 292 g/mol. The average molecular weight is 292 g/mol. The summed E-state index contributed by atoms with van der Waals surface area (Å²) in [5.74, 6) is 0.862. The van der Waals surface area contributed by atoms with Gasteiger partial charge in [0.1, 0.15) is 5.75 Å². The Morgan fingerprint density at radius 1 is 1.33 bits per heavy atom. The third-order valence-corrected chi connectivity index (χ3v) is 4.15. The highest BCUT2D eigenvalue weighted by Gasteiger charge is 2.20. The Morgan fingerprint density at radius 3 is 2.67 bits per heavy atom. The lowest BCUT2D eigenvalue weighted by Gasteiger charge is -2.21. The molecule has 0 unspecified atom stereocenters. The molecule has 5 nitrogen and oxygen atoms in total. The Hall–Kier alpha value is -1.78. The van der Waals surface area contributed by atoms with Crippen molar-refractivity contribution >= 4 is 5.91 Å². The second-order valence-corrected chi connectivity index (χ2v) is 5.65. The standard InChI is InChI=1S/C16H24N2O3/c1-12-10-14(21-2)11-15(19)18(12)9-8-17-16(20)13-6-4-3-5-7-13/h10-11,13H,3-9H2,1-2H3,(H,17,20). The van der Waals surface area contributed by atoms with Crippen LogP contribution < -0.4 is 15.6 Å². The summed E-state index contributed by atoms with van der Waals surface area (Å²) in [5, 5.41) is 2.95. The molecule has 1 aliphatic carbocycles. The lowest BCUT2D eigenvalue weighted by Crippen LogP contribution is -2.36. The first-order chi connectivity index (χ1) is 10.1. The molecular formula is C16H24N2O3. The Bertz CT molecular complexity index is 545. The molecule has 0 saturated heterocycles. The van der Waals surface area contributed by atoms with Crippen LogP contribution >= 0.6 is 0 Å². The van der Waals surface area contributed by atoms with Gasteiger partial charge in [-0.1, -0.05) is 19.3 Å². The molecule has 1 aromatic heterocycles. The zero-order valence-corrected chi connectivity index (χ0v) is 12.9. The number of carbonyl (C=O) groups is 1. The molecular weight excluding hydrogens is 268 g/mol. The normalized spacial score (nSPS) is 15.7. The Kier molecular flexibility index (Phi) is 5.42. The lowest BCUT2D eigenvalue weighted by molar-refractivity contribution is -0.125. The van der Waals surface area contributed by atoms with Gasteiger partial charge in [-0.15, -0.1) is 0 Å². The fourth-order valence-electron chi connectivity index (χ4n) is 2.90.